The molecule has 0 spiro atoms. The molecule has 1 amide bonds. The molecule has 0 unspecified atom stereocenters. The predicted molar refractivity (Wildman–Crippen MR) is 75.3 cm³/mol. The number of nitrogens with one attached hydrogen (secondary N) is 2. The molecule has 1 aliphatic heterocycles. The first-order chi connectivity index (χ1) is 9.22. The summed E-state index contributed by atoms with van der Waals surface area (Å²) in [6.45, 7) is 2.84. The molecular formula is C14H21N3O2. The minimum absolute atomic E-state index is 0.0471. The monoisotopic (exact) mass is 263 g/mol. The molecule has 1 aliphatic rings. The number of nitrogens with zero attached hydrogens (tertiary/aromatic N) is 1. The van der Waals surface area contributed by atoms with Crippen molar-refractivity contribution in [3.05, 3.63) is 29.8 Å². The summed E-state index contributed by atoms with van der Waals surface area (Å²) in [4.78, 5) is 13.4. The summed E-state index contributed by atoms with van der Waals surface area (Å²) in [5.41, 5.74) is 2.04. The lowest BCUT2D eigenvalue weighted by Gasteiger charge is -2.24. The molecule has 1 atom stereocenters. The van der Waals surface area contributed by atoms with Crippen LogP contribution in [-0.2, 0) is 9.53 Å². The number of ether oxygens (including phenoxy) is 1. The summed E-state index contributed by atoms with van der Waals surface area (Å²) in [5.74, 6) is 0.0471. The fourth-order valence-electron chi connectivity index (χ4n) is 2.11. The molecular weight excluding hydrogens is 242 g/mol. The SMILES string of the molecule is CNCC(=O)N(C)c1ccc([C@H]2CNCCO2)cc1. The number of anilines is 1. The quantitative estimate of drug-likeness (QED) is 0.832. The zero-order valence-corrected chi connectivity index (χ0v) is 11.5. The minimum Gasteiger partial charge on any atom is -0.371 e. The maximum absolute atomic E-state index is 11.8. The van der Waals surface area contributed by atoms with Crippen LogP contribution in [-0.4, -0.2) is 46.2 Å². The average molecular weight is 263 g/mol. The van der Waals surface area contributed by atoms with E-state index in [1.165, 1.54) is 0 Å². The second-order valence-electron chi connectivity index (χ2n) is 4.64. The fraction of sp³-hybridized carbons (Fsp3) is 0.500. The Labute approximate surface area is 113 Å². The van der Waals surface area contributed by atoms with E-state index >= 15 is 0 Å². The van der Waals surface area contributed by atoms with Crippen molar-refractivity contribution in [1.82, 2.24) is 10.6 Å². The van der Waals surface area contributed by atoms with E-state index < -0.39 is 0 Å². The van der Waals surface area contributed by atoms with Gasteiger partial charge in [-0.25, -0.2) is 0 Å². The van der Waals surface area contributed by atoms with Gasteiger partial charge in [-0.3, -0.25) is 4.79 Å². The summed E-state index contributed by atoms with van der Waals surface area (Å²) < 4.78 is 5.70. The Morgan fingerprint density at radius 3 is 2.79 bits per heavy atom. The minimum atomic E-state index is 0.0471. The van der Waals surface area contributed by atoms with Gasteiger partial charge >= 0.3 is 0 Å². The molecule has 0 aliphatic carbocycles. The predicted octanol–water partition coefficient (Wildman–Crippen LogP) is 0.530. The van der Waals surface area contributed by atoms with Crippen LogP contribution < -0.4 is 15.5 Å². The van der Waals surface area contributed by atoms with Gasteiger partial charge < -0.3 is 20.3 Å². The van der Waals surface area contributed by atoms with Crippen molar-refractivity contribution in [3.63, 3.8) is 0 Å². The van der Waals surface area contributed by atoms with Gasteiger partial charge in [0.15, 0.2) is 0 Å². The molecule has 1 aromatic carbocycles. The Morgan fingerprint density at radius 2 is 2.21 bits per heavy atom. The molecule has 19 heavy (non-hydrogen) atoms. The van der Waals surface area contributed by atoms with Crippen LogP contribution in [0.5, 0.6) is 0 Å². The van der Waals surface area contributed by atoms with E-state index in [1.54, 1.807) is 19.0 Å². The number of hydrogen-bond donors (Lipinski definition) is 2. The zero-order valence-electron chi connectivity index (χ0n) is 11.5. The topological polar surface area (TPSA) is 53.6 Å². The van der Waals surface area contributed by atoms with Gasteiger partial charge in [-0.1, -0.05) is 12.1 Å². The van der Waals surface area contributed by atoms with Crippen molar-refractivity contribution in [2.75, 3.05) is 45.2 Å². The molecule has 1 fully saturated rings. The van der Waals surface area contributed by atoms with Gasteiger partial charge in [0, 0.05) is 25.8 Å². The highest BCUT2D eigenvalue weighted by Crippen LogP contribution is 2.22. The number of morpholine rings is 1. The molecule has 0 bridgehead atoms. The van der Waals surface area contributed by atoms with Gasteiger partial charge in [0.05, 0.1) is 19.3 Å². The largest absolute Gasteiger partial charge is 0.371 e. The first-order valence-corrected chi connectivity index (χ1v) is 6.56. The number of likely N-dealkylation sites (N-methyl/N-ethyl adjacent to an activating group) is 2. The fourth-order valence-corrected chi connectivity index (χ4v) is 2.11. The average Bonchev–Trinajstić information content (AvgIpc) is 2.48. The Bertz CT molecular complexity index is 413. The van der Waals surface area contributed by atoms with E-state index in [0.717, 1.165) is 30.9 Å². The third-order valence-electron chi connectivity index (χ3n) is 3.28. The van der Waals surface area contributed by atoms with E-state index in [2.05, 4.69) is 10.6 Å². The molecule has 1 saturated heterocycles. The van der Waals surface area contributed by atoms with Crippen LogP contribution >= 0.6 is 0 Å². The van der Waals surface area contributed by atoms with Crippen LogP contribution in [0.1, 0.15) is 11.7 Å². The highest BCUT2D eigenvalue weighted by molar-refractivity contribution is 5.94. The van der Waals surface area contributed by atoms with Crippen molar-refractivity contribution in [3.8, 4) is 0 Å². The van der Waals surface area contributed by atoms with Gasteiger partial charge in [-0.15, -0.1) is 0 Å². The van der Waals surface area contributed by atoms with Crippen LogP contribution in [0, 0.1) is 0 Å². The molecule has 104 valence electrons. The molecule has 2 rings (SSSR count). The Hall–Kier alpha value is -1.43. The molecule has 0 radical (unpaired) electrons. The lowest BCUT2D eigenvalue weighted by molar-refractivity contribution is -0.117. The zero-order chi connectivity index (χ0) is 13.7. The summed E-state index contributed by atoms with van der Waals surface area (Å²) in [6, 6.07) is 7.97. The molecule has 0 aromatic heterocycles. The summed E-state index contributed by atoms with van der Waals surface area (Å²) >= 11 is 0. The Morgan fingerprint density at radius 1 is 1.47 bits per heavy atom. The van der Waals surface area contributed by atoms with Crippen molar-refractivity contribution in [2.24, 2.45) is 0 Å². The number of carbonyl (C=O) groups is 1. The van der Waals surface area contributed by atoms with Crippen molar-refractivity contribution >= 4 is 11.6 Å². The van der Waals surface area contributed by atoms with E-state index in [4.69, 9.17) is 4.74 Å². The maximum atomic E-state index is 11.8. The second-order valence-corrected chi connectivity index (χ2v) is 4.64. The maximum Gasteiger partial charge on any atom is 0.240 e. The van der Waals surface area contributed by atoms with E-state index in [9.17, 15) is 4.79 Å². The number of hydrogen-bond acceptors (Lipinski definition) is 4. The number of rotatable bonds is 4. The van der Waals surface area contributed by atoms with Crippen LogP contribution in [0.15, 0.2) is 24.3 Å². The number of amides is 1. The van der Waals surface area contributed by atoms with Gasteiger partial charge in [0.1, 0.15) is 0 Å². The van der Waals surface area contributed by atoms with E-state index in [1.807, 2.05) is 24.3 Å². The third kappa shape index (κ3) is 3.53. The number of carbonyl (C=O) groups excluding carboxylic acids is 1. The molecule has 5 nitrogen and oxygen atoms in total. The van der Waals surface area contributed by atoms with E-state index in [-0.39, 0.29) is 12.0 Å². The smallest absolute Gasteiger partial charge is 0.240 e. The summed E-state index contributed by atoms with van der Waals surface area (Å²) in [6.07, 6.45) is 0.112. The van der Waals surface area contributed by atoms with Gasteiger partial charge in [0.25, 0.3) is 0 Å². The van der Waals surface area contributed by atoms with Gasteiger partial charge in [-0.2, -0.15) is 0 Å². The lowest BCUT2D eigenvalue weighted by atomic mass is 10.1. The summed E-state index contributed by atoms with van der Waals surface area (Å²) in [5, 5.41) is 6.17. The van der Waals surface area contributed by atoms with Crippen molar-refractivity contribution in [1.29, 1.82) is 0 Å². The van der Waals surface area contributed by atoms with Crippen LogP contribution in [0.4, 0.5) is 5.69 Å². The first-order valence-electron chi connectivity index (χ1n) is 6.56. The highest BCUT2D eigenvalue weighted by Gasteiger charge is 2.16. The van der Waals surface area contributed by atoms with Crippen LogP contribution in [0.25, 0.3) is 0 Å². The molecule has 2 N–H and O–H groups in total. The highest BCUT2D eigenvalue weighted by atomic mass is 16.5. The van der Waals surface area contributed by atoms with E-state index in [0.29, 0.717) is 6.54 Å². The van der Waals surface area contributed by atoms with Crippen LogP contribution in [0.2, 0.25) is 0 Å². The number of benzene rings is 1. The molecule has 5 heteroatoms. The molecule has 1 heterocycles. The first kappa shape index (κ1) is 14.0. The lowest BCUT2D eigenvalue weighted by Crippen LogP contribution is -2.34. The van der Waals surface area contributed by atoms with Crippen molar-refractivity contribution in [2.45, 2.75) is 6.10 Å². The molecule has 1 aromatic rings. The Kier molecular flexibility index (Phi) is 4.90. The normalized spacial score (nSPS) is 19.2. The van der Waals surface area contributed by atoms with Gasteiger partial charge in [-0.05, 0) is 24.7 Å². The van der Waals surface area contributed by atoms with Crippen LogP contribution in [0.3, 0.4) is 0 Å². The van der Waals surface area contributed by atoms with Gasteiger partial charge in [0.2, 0.25) is 5.91 Å². The standard InChI is InChI=1S/C14H21N3O2/c1-15-10-14(18)17(2)12-5-3-11(4-6-12)13-9-16-7-8-19-13/h3-6,13,15-16H,7-10H2,1-2H3/t13-/m1/s1. The second kappa shape index (κ2) is 6.65. The third-order valence-corrected chi connectivity index (χ3v) is 3.28. The Balaban J connectivity index is 2.03. The molecule has 0 saturated carbocycles. The summed E-state index contributed by atoms with van der Waals surface area (Å²) in [7, 11) is 3.55. The van der Waals surface area contributed by atoms with Crippen molar-refractivity contribution < 1.29 is 9.53 Å².